The average molecular weight is 409 g/mol. The number of nitrogens with one attached hydrogen (secondary N) is 1. The van der Waals surface area contributed by atoms with E-state index in [0.29, 0.717) is 28.9 Å². The van der Waals surface area contributed by atoms with E-state index in [1.807, 2.05) is 39.0 Å². The van der Waals surface area contributed by atoms with E-state index >= 15 is 0 Å². The third-order valence-electron chi connectivity index (χ3n) is 4.56. The molecule has 7 nitrogen and oxygen atoms in total. The van der Waals surface area contributed by atoms with Crippen LogP contribution in [0.2, 0.25) is 0 Å². The highest BCUT2D eigenvalue weighted by molar-refractivity contribution is 6.02. The molecule has 0 aliphatic rings. The van der Waals surface area contributed by atoms with Crippen LogP contribution >= 0.6 is 0 Å². The summed E-state index contributed by atoms with van der Waals surface area (Å²) in [6, 6.07) is 13.3. The summed E-state index contributed by atoms with van der Waals surface area (Å²) in [7, 11) is 1.57. The standard InChI is InChI=1S/C23H28N4O3/c1-14(2)18-9-7-8-10-20(18)27-16(5)24-22(26-27)23(28)25-19-13-17(29-6)11-12-21(19)30-15(3)4/h7-15H,1-6H3,(H,25,28). The molecule has 0 saturated heterocycles. The summed E-state index contributed by atoms with van der Waals surface area (Å²) in [6.07, 6.45) is -0.0406. The fourth-order valence-electron chi connectivity index (χ4n) is 3.15. The molecule has 0 aliphatic heterocycles. The Morgan fingerprint density at radius 2 is 1.83 bits per heavy atom. The molecule has 0 aliphatic carbocycles. The molecule has 2 aromatic carbocycles. The summed E-state index contributed by atoms with van der Waals surface area (Å²) in [5, 5.41) is 7.33. The number of anilines is 1. The summed E-state index contributed by atoms with van der Waals surface area (Å²) in [4.78, 5) is 17.3. The molecule has 0 bridgehead atoms. The van der Waals surface area contributed by atoms with Gasteiger partial charge in [0.1, 0.15) is 17.3 Å². The van der Waals surface area contributed by atoms with E-state index in [9.17, 15) is 4.79 Å². The normalized spacial score (nSPS) is 11.1. The number of benzene rings is 2. The Labute approximate surface area is 177 Å². The molecule has 0 unspecified atom stereocenters. The minimum Gasteiger partial charge on any atom is -0.497 e. The third kappa shape index (κ3) is 4.62. The van der Waals surface area contributed by atoms with Gasteiger partial charge in [0, 0.05) is 6.07 Å². The van der Waals surface area contributed by atoms with Crippen LogP contribution in [0.1, 0.15) is 55.6 Å². The molecule has 0 saturated carbocycles. The first-order valence-electron chi connectivity index (χ1n) is 9.99. The van der Waals surface area contributed by atoms with Crippen LogP contribution in [0.3, 0.4) is 0 Å². The molecule has 30 heavy (non-hydrogen) atoms. The van der Waals surface area contributed by atoms with E-state index in [1.54, 1.807) is 30.0 Å². The minimum atomic E-state index is -0.416. The van der Waals surface area contributed by atoms with Gasteiger partial charge < -0.3 is 14.8 Å². The number of ether oxygens (including phenoxy) is 2. The molecule has 0 atom stereocenters. The van der Waals surface area contributed by atoms with Crippen LogP contribution in [0.4, 0.5) is 5.69 Å². The van der Waals surface area contributed by atoms with Crippen molar-refractivity contribution in [3.8, 4) is 17.2 Å². The van der Waals surface area contributed by atoms with E-state index in [0.717, 1.165) is 11.3 Å². The highest BCUT2D eigenvalue weighted by atomic mass is 16.5. The van der Waals surface area contributed by atoms with Gasteiger partial charge in [-0.1, -0.05) is 32.0 Å². The number of rotatable bonds is 7. The Hall–Kier alpha value is -3.35. The number of aryl methyl sites for hydroxylation is 1. The molecule has 0 spiro atoms. The van der Waals surface area contributed by atoms with Gasteiger partial charge in [0.25, 0.3) is 5.91 Å². The summed E-state index contributed by atoms with van der Waals surface area (Å²) in [6.45, 7) is 9.93. The molecule has 3 aromatic rings. The second-order valence-corrected chi connectivity index (χ2v) is 7.59. The lowest BCUT2D eigenvalue weighted by Crippen LogP contribution is -2.16. The fourth-order valence-corrected chi connectivity index (χ4v) is 3.15. The Morgan fingerprint density at radius 3 is 2.50 bits per heavy atom. The van der Waals surface area contributed by atoms with Gasteiger partial charge in [-0.3, -0.25) is 4.79 Å². The number of hydrogen-bond donors (Lipinski definition) is 1. The number of nitrogens with zero attached hydrogens (tertiary/aromatic N) is 3. The molecule has 0 fully saturated rings. The van der Waals surface area contributed by atoms with Crippen LogP contribution in [0, 0.1) is 6.92 Å². The molecule has 1 N–H and O–H groups in total. The van der Waals surface area contributed by atoms with Gasteiger partial charge in [0.15, 0.2) is 0 Å². The number of aromatic nitrogens is 3. The van der Waals surface area contributed by atoms with Crippen molar-refractivity contribution in [3.63, 3.8) is 0 Å². The zero-order chi connectivity index (χ0) is 21.8. The lowest BCUT2D eigenvalue weighted by atomic mass is 10.0. The first-order chi connectivity index (χ1) is 14.3. The number of carbonyl (C=O) groups excluding carboxylic acids is 1. The second kappa shape index (κ2) is 8.98. The van der Waals surface area contributed by atoms with Crippen molar-refractivity contribution in [1.29, 1.82) is 0 Å². The summed E-state index contributed by atoms with van der Waals surface area (Å²) >= 11 is 0. The minimum absolute atomic E-state index is 0.0406. The van der Waals surface area contributed by atoms with Crippen molar-refractivity contribution in [2.45, 2.75) is 46.6 Å². The van der Waals surface area contributed by atoms with Crippen molar-refractivity contribution in [1.82, 2.24) is 14.8 Å². The van der Waals surface area contributed by atoms with Gasteiger partial charge in [-0.2, -0.15) is 0 Å². The van der Waals surface area contributed by atoms with Gasteiger partial charge in [0.2, 0.25) is 5.82 Å². The topological polar surface area (TPSA) is 78.3 Å². The van der Waals surface area contributed by atoms with Crippen molar-refractivity contribution < 1.29 is 14.3 Å². The highest BCUT2D eigenvalue weighted by Gasteiger charge is 2.19. The second-order valence-electron chi connectivity index (χ2n) is 7.59. The molecule has 3 rings (SSSR count). The van der Waals surface area contributed by atoms with Gasteiger partial charge in [0.05, 0.1) is 24.6 Å². The number of amides is 1. The van der Waals surface area contributed by atoms with E-state index in [4.69, 9.17) is 9.47 Å². The molecule has 1 aromatic heterocycles. The van der Waals surface area contributed by atoms with E-state index < -0.39 is 5.91 Å². The maximum absolute atomic E-state index is 12.9. The van der Waals surface area contributed by atoms with Crippen LogP contribution in [0.15, 0.2) is 42.5 Å². The Kier molecular flexibility index (Phi) is 6.40. The largest absolute Gasteiger partial charge is 0.497 e. The maximum Gasteiger partial charge on any atom is 0.295 e. The van der Waals surface area contributed by atoms with Crippen molar-refractivity contribution in [2.75, 3.05) is 12.4 Å². The zero-order valence-corrected chi connectivity index (χ0v) is 18.3. The van der Waals surface area contributed by atoms with Crippen molar-refractivity contribution >= 4 is 11.6 Å². The number of para-hydroxylation sites is 1. The van der Waals surface area contributed by atoms with E-state index in [2.05, 4.69) is 35.3 Å². The van der Waals surface area contributed by atoms with E-state index in [1.165, 1.54) is 0 Å². The number of methoxy groups -OCH3 is 1. The quantitative estimate of drug-likeness (QED) is 0.610. The van der Waals surface area contributed by atoms with Crippen LogP contribution in [0.5, 0.6) is 11.5 Å². The predicted octanol–water partition coefficient (Wildman–Crippen LogP) is 4.75. The summed E-state index contributed by atoms with van der Waals surface area (Å²) in [5.41, 5.74) is 2.56. The molecule has 1 amide bonds. The van der Waals surface area contributed by atoms with Gasteiger partial charge in [-0.05, 0) is 50.5 Å². The van der Waals surface area contributed by atoms with Crippen molar-refractivity contribution in [3.05, 3.63) is 59.7 Å². The molecule has 158 valence electrons. The van der Waals surface area contributed by atoms with Crippen LogP contribution in [-0.4, -0.2) is 33.9 Å². The van der Waals surface area contributed by atoms with E-state index in [-0.39, 0.29) is 11.9 Å². The van der Waals surface area contributed by atoms with Gasteiger partial charge in [-0.25, -0.2) is 9.67 Å². The highest BCUT2D eigenvalue weighted by Crippen LogP contribution is 2.30. The Balaban J connectivity index is 1.92. The first kappa shape index (κ1) is 21.4. The first-order valence-corrected chi connectivity index (χ1v) is 9.99. The lowest BCUT2D eigenvalue weighted by Gasteiger charge is -2.15. The monoisotopic (exact) mass is 408 g/mol. The predicted molar refractivity (Wildman–Crippen MR) is 117 cm³/mol. The molecule has 7 heteroatoms. The smallest absolute Gasteiger partial charge is 0.295 e. The number of carbonyl (C=O) groups is 1. The SMILES string of the molecule is COc1ccc(OC(C)C)c(NC(=O)c2nc(C)n(-c3ccccc3C(C)C)n2)c1. The Bertz CT molecular complexity index is 1040. The Morgan fingerprint density at radius 1 is 1.10 bits per heavy atom. The maximum atomic E-state index is 12.9. The zero-order valence-electron chi connectivity index (χ0n) is 18.3. The fraction of sp³-hybridized carbons (Fsp3) is 0.348. The van der Waals surface area contributed by atoms with Crippen molar-refractivity contribution in [2.24, 2.45) is 0 Å². The van der Waals surface area contributed by atoms with Crippen LogP contribution in [0.25, 0.3) is 5.69 Å². The summed E-state index contributed by atoms with van der Waals surface area (Å²) in [5.74, 6) is 1.79. The molecule has 0 radical (unpaired) electrons. The molecular weight excluding hydrogens is 380 g/mol. The van der Waals surface area contributed by atoms with Gasteiger partial charge >= 0.3 is 0 Å². The van der Waals surface area contributed by atoms with Crippen LogP contribution < -0.4 is 14.8 Å². The molecular formula is C23H28N4O3. The van der Waals surface area contributed by atoms with Crippen LogP contribution in [-0.2, 0) is 0 Å². The number of hydrogen-bond acceptors (Lipinski definition) is 5. The average Bonchev–Trinajstić information content (AvgIpc) is 3.10. The molecule has 1 heterocycles. The van der Waals surface area contributed by atoms with Gasteiger partial charge in [-0.15, -0.1) is 5.10 Å². The third-order valence-corrected chi connectivity index (χ3v) is 4.56. The lowest BCUT2D eigenvalue weighted by molar-refractivity contribution is 0.101. The summed E-state index contributed by atoms with van der Waals surface area (Å²) < 4.78 is 12.8.